The highest BCUT2D eigenvalue weighted by molar-refractivity contribution is 6.43. The molecule has 0 radical (unpaired) electrons. The van der Waals surface area contributed by atoms with E-state index in [2.05, 4.69) is 19.9 Å². The summed E-state index contributed by atoms with van der Waals surface area (Å²) >= 11 is 12.2. The third-order valence-corrected chi connectivity index (χ3v) is 4.29. The third kappa shape index (κ3) is 6.59. The van der Waals surface area contributed by atoms with Crippen molar-refractivity contribution >= 4 is 35.0 Å². The van der Waals surface area contributed by atoms with E-state index in [1.54, 1.807) is 18.2 Å². The van der Waals surface area contributed by atoms with Crippen LogP contribution in [0.3, 0.4) is 0 Å². The molecule has 2 aromatic rings. The molecule has 0 saturated heterocycles. The van der Waals surface area contributed by atoms with Crippen molar-refractivity contribution in [3.63, 3.8) is 0 Å². The number of esters is 1. The molecule has 0 spiro atoms. The second-order valence-electron chi connectivity index (χ2n) is 5.41. The number of hydrogen-bond acceptors (Lipinski definition) is 8. The molecule has 0 unspecified atom stereocenters. The van der Waals surface area contributed by atoms with Crippen molar-refractivity contribution in [2.75, 3.05) is 39.3 Å². The van der Waals surface area contributed by atoms with Gasteiger partial charge in [-0.3, -0.25) is 0 Å². The number of halogens is 2. The molecule has 0 aliphatic carbocycles. The number of hydrogen-bond donors (Lipinski definition) is 1. The number of rotatable bonds is 10. The van der Waals surface area contributed by atoms with E-state index in [9.17, 15) is 4.79 Å². The lowest BCUT2D eigenvalue weighted by Crippen LogP contribution is -2.14. The van der Waals surface area contributed by atoms with Gasteiger partial charge >= 0.3 is 5.97 Å². The number of nitrogen functional groups attached to an aromatic ring is 1. The number of anilines is 1. The van der Waals surface area contributed by atoms with Crippen LogP contribution in [-0.2, 0) is 25.4 Å². The Bertz CT molecular complexity index is 777. The van der Waals surface area contributed by atoms with E-state index in [0.29, 0.717) is 59.8 Å². The maximum Gasteiger partial charge on any atom is 0.331 e. The van der Waals surface area contributed by atoms with Gasteiger partial charge in [0.2, 0.25) is 0 Å². The summed E-state index contributed by atoms with van der Waals surface area (Å²) in [5, 5.41) is 8.99. The largest absolute Gasteiger partial charge is 0.467 e. The number of aryl methyl sites for hydroxylation is 1. The van der Waals surface area contributed by atoms with E-state index in [1.165, 1.54) is 7.11 Å². The first-order valence-corrected chi connectivity index (χ1v) is 8.94. The van der Waals surface area contributed by atoms with Gasteiger partial charge in [-0.1, -0.05) is 35.3 Å². The summed E-state index contributed by atoms with van der Waals surface area (Å²) in [6.45, 7) is 1.11. The number of ether oxygens (including phenoxy) is 3. The van der Waals surface area contributed by atoms with E-state index in [0.717, 1.165) is 0 Å². The van der Waals surface area contributed by atoms with Crippen molar-refractivity contribution in [2.24, 2.45) is 0 Å². The lowest BCUT2D eigenvalue weighted by atomic mass is 10.1. The fraction of sp³-hybridized carbons (Fsp3) is 0.412. The first kappa shape index (κ1) is 21.3. The van der Waals surface area contributed by atoms with Crippen LogP contribution in [0.15, 0.2) is 18.2 Å². The van der Waals surface area contributed by atoms with Crippen molar-refractivity contribution in [1.82, 2.24) is 15.2 Å². The molecule has 0 saturated carbocycles. The first-order chi connectivity index (χ1) is 13.0. The summed E-state index contributed by atoms with van der Waals surface area (Å²) in [7, 11) is 1.31. The number of benzene rings is 1. The molecule has 0 atom stereocenters. The fourth-order valence-corrected chi connectivity index (χ4v) is 2.51. The topological polar surface area (TPSA) is 109 Å². The van der Waals surface area contributed by atoms with Crippen molar-refractivity contribution in [2.45, 2.75) is 12.8 Å². The smallest absolute Gasteiger partial charge is 0.331 e. The summed E-state index contributed by atoms with van der Waals surface area (Å²) in [4.78, 5) is 15.1. The van der Waals surface area contributed by atoms with Crippen molar-refractivity contribution in [1.29, 1.82) is 0 Å². The molecular formula is C17H20Cl2N4O4. The number of nitrogens with two attached hydrogens (primary N) is 1. The van der Waals surface area contributed by atoms with E-state index >= 15 is 0 Å². The number of aromatic nitrogens is 3. The highest BCUT2D eigenvalue weighted by atomic mass is 35.5. The molecule has 27 heavy (non-hydrogen) atoms. The van der Waals surface area contributed by atoms with Gasteiger partial charge in [-0.2, -0.15) is 0 Å². The maximum atomic E-state index is 10.8. The van der Waals surface area contributed by atoms with Gasteiger partial charge in [0, 0.05) is 18.6 Å². The number of carbonyl (C=O) groups excluding carboxylic acids is 1. The van der Waals surface area contributed by atoms with E-state index in [4.69, 9.17) is 38.4 Å². The lowest BCUT2D eigenvalue weighted by Gasteiger charge is -2.08. The molecule has 0 amide bonds. The van der Waals surface area contributed by atoms with Gasteiger partial charge in [0.1, 0.15) is 12.3 Å². The Morgan fingerprint density at radius 2 is 1.93 bits per heavy atom. The molecule has 0 aliphatic heterocycles. The Balaban J connectivity index is 1.76. The average Bonchev–Trinajstić information content (AvgIpc) is 2.66. The highest BCUT2D eigenvalue weighted by Crippen LogP contribution is 2.34. The molecule has 0 aliphatic rings. The van der Waals surface area contributed by atoms with Crippen LogP contribution in [0.2, 0.25) is 10.0 Å². The van der Waals surface area contributed by atoms with Crippen LogP contribution in [0.25, 0.3) is 11.3 Å². The summed E-state index contributed by atoms with van der Waals surface area (Å²) in [5.74, 6) is 0.334. The number of methoxy groups -OCH3 is 1. The van der Waals surface area contributed by atoms with Gasteiger partial charge in [0.05, 0.1) is 30.4 Å². The zero-order valence-electron chi connectivity index (χ0n) is 14.8. The van der Waals surface area contributed by atoms with Gasteiger partial charge in [0.15, 0.2) is 11.6 Å². The molecule has 146 valence electrons. The SMILES string of the molecule is COC(=O)COCCOCCCc1nnc(-c2cccc(Cl)c2Cl)c(N)n1. The van der Waals surface area contributed by atoms with Crippen LogP contribution in [0.4, 0.5) is 5.82 Å². The lowest BCUT2D eigenvalue weighted by molar-refractivity contribution is -0.146. The monoisotopic (exact) mass is 414 g/mol. The molecule has 1 aromatic carbocycles. The van der Waals surface area contributed by atoms with Crippen LogP contribution >= 0.6 is 23.2 Å². The minimum atomic E-state index is -0.417. The molecule has 2 N–H and O–H groups in total. The van der Waals surface area contributed by atoms with Crippen LogP contribution in [0.1, 0.15) is 12.2 Å². The first-order valence-electron chi connectivity index (χ1n) is 8.18. The zero-order valence-corrected chi connectivity index (χ0v) is 16.3. The van der Waals surface area contributed by atoms with Crippen molar-refractivity contribution < 1.29 is 19.0 Å². The van der Waals surface area contributed by atoms with Crippen molar-refractivity contribution in [3.05, 3.63) is 34.1 Å². The van der Waals surface area contributed by atoms with E-state index in [-0.39, 0.29) is 12.4 Å². The number of carbonyl (C=O) groups is 1. The van der Waals surface area contributed by atoms with E-state index in [1.807, 2.05) is 0 Å². The van der Waals surface area contributed by atoms with Crippen LogP contribution in [-0.4, -0.2) is 54.7 Å². The molecule has 0 bridgehead atoms. The standard InChI is InChI=1S/C17H20Cl2N4O4/c1-25-14(24)10-27-9-8-26-7-3-6-13-21-17(20)16(23-22-13)11-4-2-5-12(18)15(11)19/h2,4-5H,3,6-10H2,1H3,(H2,20,21,22). The zero-order chi connectivity index (χ0) is 19.6. The van der Waals surface area contributed by atoms with Crippen LogP contribution < -0.4 is 5.73 Å². The molecule has 0 fully saturated rings. The second kappa shape index (κ2) is 11.0. The predicted octanol–water partition coefficient (Wildman–Crippen LogP) is 2.57. The molecular weight excluding hydrogens is 395 g/mol. The maximum absolute atomic E-state index is 10.8. The fourth-order valence-electron chi connectivity index (χ4n) is 2.12. The Morgan fingerprint density at radius 3 is 2.67 bits per heavy atom. The highest BCUT2D eigenvalue weighted by Gasteiger charge is 2.13. The van der Waals surface area contributed by atoms with Crippen LogP contribution in [0, 0.1) is 0 Å². The second-order valence-corrected chi connectivity index (χ2v) is 6.19. The minimum Gasteiger partial charge on any atom is -0.467 e. The van der Waals surface area contributed by atoms with Gasteiger partial charge in [0.25, 0.3) is 0 Å². The number of nitrogens with zero attached hydrogens (tertiary/aromatic N) is 3. The average molecular weight is 415 g/mol. The summed E-state index contributed by atoms with van der Waals surface area (Å²) in [5.41, 5.74) is 6.97. The summed E-state index contributed by atoms with van der Waals surface area (Å²) in [6.07, 6.45) is 1.25. The Morgan fingerprint density at radius 1 is 1.15 bits per heavy atom. The normalized spacial score (nSPS) is 10.8. The molecule has 8 nitrogen and oxygen atoms in total. The Labute approximate surface area is 166 Å². The third-order valence-electron chi connectivity index (χ3n) is 3.47. The summed E-state index contributed by atoms with van der Waals surface area (Å²) in [6, 6.07) is 5.19. The summed E-state index contributed by atoms with van der Waals surface area (Å²) < 4.78 is 14.9. The predicted molar refractivity (Wildman–Crippen MR) is 102 cm³/mol. The molecule has 10 heteroatoms. The minimum absolute atomic E-state index is 0.0817. The Kier molecular flexibility index (Phi) is 8.66. The molecule has 1 aromatic heterocycles. The van der Waals surface area contributed by atoms with Crippen molar-refractivity contribution in [3.8, 4) is 11.3 Å². The van der Waals surface area contributed by atoms with Gasteiger partial charge < -0.3 is 19.9 Å². The molecule has 1 heterocycles. The van der Waals surface area contributed by atoms with Gasteiger partial charge in [-0.15, -0.1) is 10.2 Å². The van der Waals surface area contributed by atoms with Crippen LogP contribution in [0.5, 0.6) is 0 Å². The molecule has 2 rings (SSSR count). The Hall–Kier alpha value is -2.00. The van der Waals surface area contributed by atoms with Gasteiger partial charge in [-0.05, 0) is 12.5 Å². The quantitative estimate of drug-likeness (QED) is 0.466. The van der Waals surface area contributed by atoms with E-state index < -0.39 is 5.97 Å². The van der Waals surface area contributed by atoms with Gasteiger partial charge in [-0.25, -0.2) is 9.78 Å².